The van der Waals surface area contributed by atoms with Gasteiger partial charge >= 0.3 is 6.09 Å². The molecule has 0 radical (unpaired) electrons. The Hall–Kier alpha value is -1.26. The van der Waals surface area contributed by atoms with Gasteiger partial charge in [0.05, 0.1) is 0 Å². The third-order valence-corrected chi connectivity index (χ3v) is 2.81. The van der Waals surface area contributed by atoms with E-state index in [1.807, 2.05) is 41.5 Å². The Morgan fingerprint density at radius 2 is 1.53 bits per heavy atom. The Morgan fingerprint density at radius 3 is 2.00 bits per heavy atom. The highest BCUT2D eigenvalue weighted by molar-refractivity contribution is 5.81. The lowest BCUT2D eigenvalue weighted by Gasteiger charge is -2.21. The lowest BCUT2D eigenvalue weighted by atomic mass is 9.89. The molecule has 0 aliphatic rings. The molecule has 0 aliphatic carbocycles. The van der Waals surface area contributed by atoms with E-state index in [2.05, 4.69) is 10.6 Å². The van der Waals surface area contributed by atoms with E-state index in [1.165, 1.54) is 0 Å². The number of hydrogen-bond donors (Lipinski definition) is 2. The van der Waals surface area contributed by atoms with Gasteiger partial charge in [-0.25, -0.2) is 4.79 Å². The SMILES string of the molecule is CCC(C)(C)C(=O)NCCCNC(=O)OC(C)(C)C. The molecule has 0 unspecified atom stereocenters. The molecule has 0 aliphatic heterocycles. The Labute approximate surface area is 116 Å². The summed E-state index contributed by atoms with van der Waals surface area (Å²) < 4.78 is 5.10. The minimum Gasteiger partial charge on any atom is -0.444 e. The summed E-state index contributed by atoms with van der Waals surface area (Å²) in [6.07, 6.45) is 1.06. The summed E-state index contributed by atoms with van der Waals surface area (Å²) in [5, 5.41) is 5.52. The molecule has 19 heavy (non-hydrogen) atoms. The highest BCUT2D eigenvalue weighted by Crippen LogP contribution is 2.19. The van der Waals surface area contributed by atoms with Crippen LogP contribution in [-0.4, -0.2) is 30.7 Å². The van der Waals surface area contributed by atoms with E-state index < -0.39 is 11.7 Å². The van der Waals surface area contributed by atoms with Gasteiger partial charge in [0.1, 0.15) is 5.60 Å². The number of carbonyl (C=O) groups excluding carboxylic acids is 2. The first-order valence-corrected chi connectivity index (χ1v) is 6.83. The van der Waals surface area contributed by atoms with Gasteiger partial charge in [-0.15, -0.1) is 0 Å². The second-order valence-corrected chi connectivity index (χ2v) is 6.28. The molecule has 2 amide bonds. The van der Waals surface area contributed by atoms with E-state index in [1.54, 1.807) is 0 Å². The van der Waals surface area contributed by atoms with Gasteiger partial charge in [-0.3, -0.25) is 4.79 Å². The second kappa shape index (κ2) is 7.36. The average molecular weight is 272 g/mol. The number of carbonyl (C=O) groups is 2. The number of nitrogens with one attached hydrogen (secondary N) is 2. The molecule has 0 fully saturated rings. The maximum Gasteiger partial charge on any atom is 0.407 e. The zero-order valence-corrected chi connectivity index (χ0v) is 13.1. The van der Waals surface area contributed by atoms with Crippen molar-refractivity contribution >= 4 is 12.0 Å². The topological polar surface area (TPSA) is 67.4 Å². The lowest BCUT2D eigenvalue weighted by molar-refractivity contribution is -0.129. The van der Waals surface area contributed by atoms with Crippen molar-refractivity contribution < 1.29 is 14.3 Å². The van der Waals surface area contributed by atoms with Crippen LogP contribution < -0.4 is 10.6 Å². The first-order chi connectivity index (χ1) is 8.58. The molecule has 0 heterocycles. The molecule has 5 nitrogen and oxygen atoms in total. The van der Waals surface area contributed by atoms with Crippen molar-refractivity contribution in [3.8, 4) is 0 Å². The number of ether oxygens (including phenoxy) is 1. The zero-order chi connectivity index (χ0) is 15.1. The molecule has 0 rings (SSSR count). The molecular formula is C14H28N2O3. The normalized spacial score (nSPS) is 11.9. The van der Waals surface area contributed by atoms with E-state index >= 15 is 0 Å². The van der Waals surface area contributed by atoms with Gasteiger partial charge in [0, 0.05) is 18.5 Å². The summed E-state index contributed by atoms with van der Waals surface area (Å²) in [6, 6.07) is 0. The van der Waals surface area contributed by atoms with Gasteiger partial charge in [-0.1, -0.05) is 20.8 Å². The lowest BCUT2D eigenvalue weighted by Crippen LogP contribution is -2.38. The van der Waals surface area contributed by atoms with Gasteiger partial charge in [0.2, 0.25) is 5.91 Å². The molecule has 0 atom stereocenters. The maximum absolute atomic E-state index is 11.8. The maximum atomic E-state index is 11.8. The van der Waals surface area contributed by atoms with Crippen molar-refractivity contribution in [3.63, 3.8) is 0 Å². The summed E-state index contributed by atoms with van der Waals surface area (Å²) in [5.74, 6) is 0.0484. The Morgan fingerprint density at radius 1 is 1.00 bits per heavy atom. The molecular weight excluding hydrogens is 244 g/mol. The summed E-state index contributed by atoms with van der Waals surface area (Å²) in [5.41, 5.74) is -0.817. The smallest absolute Gasteiger partial charge is 0.407 e. The van der Waals surface area contributed by atoms with Crippen LogP contribution in [0.25, 0.3) is 0 Å². The van der Waals surface area contributed by atoms with Gasteiger partial charge in [0.15, 0.2) is 0 Å². The van der Waals surface area contributed by atoms with Gasteiger partial charge in [-0.05, 0) is 33.6 Å². The monoisotopic (exact) mass is 272 g/mol. The molecule has 0 aromatic heterocycles. The molecule has 0 aromatic rings. The van der Waals surface area contributed by atoms with Crippen molar-refractivity contribution in [2.75, 3.05) is 13.1 Å². The van der Waals surface area contributed by atoms with Crippen LogP contribution in [-0.2, 0) is 9.53 Å². The quantitative estimate of drug-likeness (QED) is 0.730. The summed E-state index contributed by atoms with van der Waals surface area (Å²) in [4.78, 5) is 23.1. The van der Waals surface area contributed by atoms with Crippen molar-refractivity contribution in [1.29, 1.82) is 0 Å². The minimum absolute atomic E-state index is 0.0484. The fourth-order valence-electron chi connectivity index (χ4n) is 1.19. The molecule has 0 spiro atoms. The fraction of sp³-hybridized carbons (Fsp3) is 0.857. The third kappa shape index (κ3) is 8.46. The van der Waals surface area contributed by atoms with E-state index in [4.69, 9.17) is 4.74 Å². The standard InChI is InChI=1S/C14H28N2O3/c1-7-14(5,6)11(17)15-9-8-10-16-12(18)19-13(2,3)4/h7-10H2,1-6H3,(H,15,17)(H,16,18). The number of alkyl carbamates (subject to hydrolysis) is 1. The molecule has 0 aromatic carbocycles. The van der Waals surface area contributed by atoms with Crippen LogP contribution in [0.5, 0.6) is 0 Å². The van der Waals surface area contributed by atoms with E-state index in [9.17, 15) is 9.59 Å². The second-order valence-electron chi connectivity index (χ2n) is 6.28. The molecule has 2 N–H and O–H groups in total. The first kappa shape index (κ1) is 17.7. The van der Waals surface area contributed by atoms with E-state index in [0.717, 1.165) is 6.42 Å². The first-order valence-electron chi connectivity index (χ1n) is 6.83. The summed E-state index contributed by atoms with van der Waals surface area (Å²) in [7, 11) is 0. The molecule has 0 saturated heterocycles. The van der Waals surface area contributed by atoms with Gasteiger partial charge in [-0.2, -0.15) is 0 Å². The van der Waals surface area contributed by atoms with Crippen LogP contribution in [0.4, 0.5) is 4.79 Å². The van der Waals surface area contributed by atoms with E-state index in [-0.39, 0.29) is 11.3 Å². The van der Waals surface area contributed by atoms with Crippen LogP contribution in [0.1, 0.15) is 54.4 Å². The van der Waals surface area contributed by atoms with Crippen LogP contribution in [0, 0.1) is 5.41 Å². The van der Waals surface area contributed by atoms with Crippen LogP contribution in [0.2, 0.25) is 0 Å². The van der Waals surface area contributed by atoms with E-state index in [0.29, 0.717) is 19.5 Å². The van der Waals surface area contributed by atoms with Crippen molar-refractivity contribution in [2.24, 2.45) is 5.41 Å². The number of rotatable bonds is 6. The highest BCUT2D eigenvalue weighted by atomic mass is 16.6. The predicted molar refractivity (Wildman–Crippen MR) is 75.9 cm³/mol. The average Bonchev–Trinajstić information content (AvgIpc) is 2.25. The molecule has 0 bridgehead atoms. The fourth-order valence-corrected chi connectivity index (χ4v) is 1.19. The van der Waals surface area contributed by atoms with Crippen molar-refractivity contribution in [2.45, 2.75) is 60.0 Å². The number of hydrogen-bond acceptors (Lipinski definition) is 3. The minimum atomic E-state index is -0.483. The summed E-state index contributed by atoms with van der Waals surface area (Å²) >= 11 is 0. The highest BCUT2D eigenvalue weighted by Gasteiger charge is 2.24. The molecule has 112 valence electrons. The van der Waals surface area contributed by atoms with Crippen molar-refractivity contribution in [3.05, 3.63) is 0 Å². The molecule has 0 saturated carbocycles. The Balaban J connectivity index is 3.72. The Bertz CT molecular complexity index is 306. The van der Waals surface area contributed by atoms with Gasteiger partial charge in [0.25, 0.3) is 0 Å². The number of amides is 2. The molecule has 5 heteroatoms. The summed E-state index contributed by atoms with van der Waals surface area (Å²) in [6.45, 7) is 12.3. The zero-order valence-electron chi connectivity index (χ0n) is 13.1. The third-order valence-electron chi connectivity index (χ3n) is 2.81. The van der Waals surface area contributed by atoms with Crippen LogP contribution >= 0.6 is 0 Å². The van der Waals surface area contributed by atoms with Crippen LogP contribution in [0.15, 0.2) is 0 Å². The van der Waals surface area contributed by atoms with Crippen LogP contribution in [0.3, 0.4) is 0 Å². The Kier molecular flexibility index (Phi) is 6.87. The van der Waals surface area contributed by atoms with Crippen molar-refractivity contribution in [1.82, 2.24) is 10.6 Å². The predicted octanol–water partition coefficient (Wildman–Crippen LogP) is 2.45. The van der Waals surface area contributed by atoms with Gasteiger partial charge < -0.3 is 15.4 Å². The largest absolute Gasteiger partial charge is 0.444 e.